The maximum absolute atomic E-state index is 14.3. The minimum Gasteiger partial charge on any atom is -0.444 e. The van der Waals surface area contributed by atoms with Gasteiger partial charge in [-0.25, -0.2) is 13.6 Å². The summed E-state index contributed by atoms with van der Waals surface area (Å²) in [6.45, 7) is 4.84. The van der Waals surface area contributed by atoms with Crippen LogP contribution in [0.15, 0.2) is 12.1 Å². The van der Waals surface area contributed by atoms with E-state index in [0.717, 1.165) is 4.90 Å². The normalized spacial score (nSPS) is 21.7. The Balaban J connectivity index is 2.46. The van der Waals surface area contributed by atoms with Gasteiger partial charge in [-0.1, -0.05) is 0 Å². The lowest BCUT2D eigenvalue weighted by Crippen LogP contribution is -2.47. The molecule has 1 fully saturated rings. The lowest BCUT2D eigenvalue weighted by atomic mass is 9.91. The Hall–Kier alpha value is -1.90. The summed E-state index contributed by atoms with van der Waals surface area (Å²) in [4.78, 5) is 13.3. The van der Waals surface area contributed by atoms with Gasteiger partial charge in [-0.2, -0.15) is 13.2 Å². The number of carbonyl (C=O) groups excluding carboxylic acids is 1. The van der Waals surface area contributed by atoms with Crippen LogP contribution in [0.4, 0.5) is 26.7 Å². The number of amides is 1. The van der Waals surface area contributed by atoms with Gasteiger partial charge < -0.3 is 9.84 Å². The SMILES string of the molecule is CC(C)(C)OC(=O)N1CCCC(O)C1c1c(F)cc(C(F)(F)F)cc1F. The van der Waals surface area contributed by atoms with Crippen LogP contribution in [0.25, 0.3) is 0 Å². The van der Waals surface area contributed by atoms with Crippen molar-refractivity contribution >= 4 is 6.09 Å². The first-order chi connectivity index (χ1) is 11.8. The van der Waals surface area contributed by atoms with E-state index in [1.807, 2.05) is 0 Å². The molecule has 2 rings (SSSR count). The van der Waals surface area contributed by atoms with E-state index in [2.05, 4.69) is 0 Å². The van der Waals surface area contributed by atoms with E-state index < -0.39 is 52.8 Å². The Bertz CT molecular complexity index is 661. The molecule has 1 aromatic carbocycles. The topological polar surface area (TPSA) is 49.8 Å². The van der Waals surface area contributed by atoms with Gasteiger partial charge in [-0.05, 0) is 45.7 Å². The molecule has 1 heterocycles. The highest BCUT2D eigenvalue weighted by atomic mass is 19.4. The molecule has 146 valence electrons. The molecule has 1 aliphatic heterocycles. The monoisotopic (exact) mass is 381 g/mol. The van der Waals surface area contributed by atoms with Crippen molar-refractivity contribution in [3.8, 4) is 0 Å². The number of nitrogens with zero attached hydrogens (tertiary/aromatic N) is 1. The molecule has 0 saturated carbocycles. The van der Waals surface area contributed by atoms with Crippen LogP contribution < -0.4 is 0 Å². The highest BCUT2D eigenvalue weighted by Crippen LogP contribution is 2.38. The molecule has 0 bridgehead atoms. The third kappa shape index (κ3) is 4.44. The number of carbonyl (C=O) groups is 1. The molecule has 4 nitrogen and oxygen atoms in total. The molecule has 2 unspecified atom stereocenters. The summed E-state index contributed by atoms with van der Waals surface area (Å²) in [6.07, 6.45) is -6.65. The number of halogens is 5. The number of alkyl halides is 3. The first kappa shape index (κ1) is 20.4. The summed E-state index contributed by atoms with van der Waals surface area (Å²) in [7, 11) is 0. The average Bonchev–Trinajstić information content (AvgIpc) is 2.45. The first-order valence-corrected chi connectivity index (χ1v) is 8.05. The van der Waals surface area contributed by atoms with Crippen LogP contribution in [0.5, 0.6) is 0 Å². The van der Waals surface area contributed by atoms with Gasteiger partial charge in [0.05, 0.1) is 17.7 Å². The Morgan fingerprint density at radius 2 is 1.73 bits per heavy atom. The zero-order valence-electron chi connectivity index (χ0n) is 14.5. The van der Waals surface area contributed by atoms with Crippen LogP contribution in [-0.4, -0.2) is 34.3 Å². The Morgan fingerprint density at radius 3 is 2.19 bits per heavy atom. The van der Waals surface area contributed by atoms with Crippen molar-refractivity contribution in [2.24, 2.45) is 0 Å². The summed E-state index contributed by atoms with van der Waals surface area (Å²) in [5, 5.41) is 10.2. The van der Waals surface area contributed by atoms with Gasteiger partial charge in [0.2, 0.25) is 0 Å². The zero-order chi connectivity index (χ0) is 19.9. The van der Waals surface area contributed by atoms with Gasteiger partial charge >= 0.3 is 12.3 Å². The quantitative estimate of drug-likeness (QED) is 0.733. The maximum atomic E-state index is 14.3. The predicted octanol–water partition coefficient (Wildman–Crippen LogP) is 4.42. The van der Waals surface area contributed by atoms with Crippen LogP contribution in [-0.2, 0) is 10.9 Å². The van der Waals surface area contributed by atoms with E-state index in [1.54, 1.807) is 20.8 Å². The van der Waals surface area contributed by atoms with Crippen LogP contribution in [0.1, 0.15) is 50.8 Å². The van der Waals surface area contributed by atoms with Crippen LogP contribution in [0, 0.1) is 11.6 Å². The van der Waals surface area contributed by atoms with Crippen molar-refractivity contribution in [1.29, 1.82) is 0 Å². The summed E-state index contributed by atoms with van der Waals surface area (Å²) in [5.74, 6) is -2.95. The standard InChI is InChI=1S/C17H20F5NO3/c1-16(2,3)26-15(25)23-6-4-5-12(24)14(23)13-10(18)7-9(8-11(13)19)17(20,21)22/h7-8,12,14,24H,4-6H2,1-3H3. The van der Waals surface area contributed by atoms with Crippen LogP contribution in [0.3, 0.4) is 0 Å². The molecule has 1 aromatic rings. The minimum absolute atomic E-state index is 0.0521. The van der Waals surface area contributed by atoms with E-state index in [1.165, 1.54) is 0 Å². The number of aliphatic hydroxyl groups is 1. The summed E-state index contributed by atoms with van der Waals surface area (Å²) in [6, 6.07) is -1.15. The molecule has 0 aliphatic carbocycles. The van der Waals surface area contributed by atoms with E-state index in [0.29, 0.717) is 6.42 Å². The first-order valence-electron chi connectivity index (χ1n) is 8.05. The predicted molar refractivity (Wildman–Crippen MR) is 82.3 cm³/mol. The van der Waals surface area contributed by atoms with Gasteiger partial charge in [-0.15, -0.1) is 0 Å². The second kappa shape index (κ2) is 7.02. The molecule has 1 amide bonds. The van der Waals surface area contributed by atoms with Crippen molar-refractivity contribution in [2.45, 2.75) is 57.5 Å². The molecule has 1 aliphatic rings. The van der Waals surface area contributed by atoms with Crippen LogP contribution in [0.2, 0.25) is 0 Å². The van der Waals surface area contributed by atoms with E-state index in [-0.39, 0.29) is 25.1 Å². The molecule has 1 N–H and O–H groups in total. The van der Waals surface area contributed by atoms with Gasteiger partial charge in [-0.3, -0.25) is 4.90 Å². The fourth-order valence-corrected chi connectivity index (χ4v) is 2.88. The number of likely N-dealkylation sites (tertiary alicyclic amines) is 1. The molecular formula is C17H20F5NO3. The van der Waals surface area contributed by atoms with Crippen LogP contribution >= 0.6 is 0 Å². The maximum Gasteiger partial charge on any atom is 0.416 e. The van der Waals surface area contributed by atoms with Gasteiger partial charge in [0.15, 0.2) is 0 Å². The third-order valence-electron chi connectivity index (χ3n) is 3.93. The number of rotatable bonds is 1. The number of hydrogen-bond acceptors (Lipinski definition) is 3. The van der Waals surface area contributed by atoms with E-state index in [9.17, 15) is 31.9 Å². The second-order valence-electron chi connectivity index (χ2n) is 7.18. The lowest BCUT2D eigenvalue weighted by Gasteiger charge is -2.40. The largest absolute Gasteiger partial charge is 0.444 e. The number of piperidine rings is 1. The van der Waals surface area contributed by atoms with Gasteiger partial charge in [0.25, 0.3) is 0 Å². The second-order valence-corrected chi connectivity index (χ2v) is 7.18. The van der Waals surface area contributed by atoms with Crippen molar-refractivity contribution in [2.75, 3.05) is 6.54 Å². The van der Waals surface area contributed by atoms with Crippen molar-refractivity contribution in [1.82, 2.24) is 4.90 Å². The van der Waals surface area contributed by atoms with E-state index in [4.69, 9.17) is 4.74 Å². The van der Waals surface area contributed by atoms with Gasteiger partial charge in [0.1, 0.15) is 17.2 Å². The zero-order valence-corrected chi connectivity index (χ0v) is 14.5. The van der Waals surface area contributed by atoms with E-state index >= 15 is 0 Å². The smallest absolute Gasteiger partial charge is 0.416 e. The van der Waals surface area contributed by atoms with Crippen molar-refractivity contribution < 1.29 is 36.6 Å². The summed E-state index contributed by atoms with van der Waals surface area (Å²) in [5.41, 5.74) is -3.15. The number of ether oxygens (including phenoxy) is 1. The molecule has 0 radical (unpaired) electrons. The number of aliphatic hydroxyl groups excluding tert-OH is 1. The molecule has 2 atom stereocenters. The fourth-order valence-electron chi connectivity index (χ4n) is 2.88. The Kier molecular flexibility index (Phi) is 5.51. The Labute approximate surface area is 147 Å². The lowest BCUT2D eigenvalue weighted by molar-refractivity contribution is -0.138. The Morgan fingerprint density at radius 1 is 1.19 bits per heavy atom. The van der Waals surface area contributed by atoms with Crippen molar-refractivity contribution in [3.05, 3.63) is 34.9 Å². The molecule has 9 heteroatoms. The molecule has 1 saturated heterocycles. The fraction of sp³-hybridized carbons (Fsp3) is 0.588. The molecule has 0 aromatic heterocycles. The highest BCUT2D eigenvalue weighted by molar-refractivity contribution is 5.69. The molecule has 26 heavy (non-hydrogen) atoms. The minimum atomic E-state index is -4.92. The summed E-state index contributed by atoms with van der Waals surface area (Å²) < 4.78 is 72.0. The molecular weight excluding hydrogens is 361 g/mol. The highest BCUT2D eigenvalue weighted by Gasteiger charge is 2.41. The number of hydrogen-bond donors (Lipinski definition) is 1. The third-order valence-corrected chi connectivity index (χ3v) is 3.93. The van der Waals surface area contributed by atoms with Crippen molar-refractivity contribution in [3.63, 3.8) is 0 Å². The summed E-state index contributed by atoms with van der Waals surface area (Å²) >= 11 is 0. The molecule has 0 spiro atoms. The number of benzene rings is 1. The van der Waals surface area contributed by atoms with Gasteiger partial charge in [0, 0.05) is 12.1 Å². The average molecular weight is 381 g/mol.